The van der Waals surface area contributed by atoms with E-state index in [0.717, 1.165) is 43.0 Å². The number of piperazine rings is 1. The van der Waals surface area contributed by atoms with E-state index < -0.39 is 0 Å². The van der Waals surface area contributed by atoms with E-state index in [9.17, 15) is 9.59 Å². The number of amides is 2. The molecule has 2 amide bonds. The van der Waals surface area contributed by atoms with E-state index in [2.05, 4.69) is 27.2 Å². The van der Waals surface area contributed by atoms with Crippen LogP contribution in [0.15, 0.2) is 48.5 Å². The predicted octanol–water partition coefficient (Wildman–Crippen LogP) is 3.70. The maximum absolute atomic E-state index is 12.7. The highest BCUT2D eigenvalue weighted by molar-refractivity contribution is 5.92. The number of carbonyl (C=O) groups excluding carboxylic acids is 2. The molecule has 0 unspecified atom stereocenters. The molecule has 2 aromatic rings. The third-order valence-electron chi connectivity index (χ3n) is 6.82. The lowest BCUT2D eigenvalue weighted by atomic mass is 10.1. The number of aryl methyl sites for hydroxylation is 1. The van der Waals surface area contributed by atoms with Crippen molar-refractivity contribution < 1.29 is 9.59 Å². The second-order valence-electron chi connectivity index (χ2n) is 9.26. The van der Waals surface area contributed by atoms with Crippen LogP contribution in [0.3, 0.4) is 0 Å². The van der Waals surface area contributed by atoms with E-state index in [0.29, 0.717) is 26.1 Å². The smallest absolute Gasteiger partial charge is 0.238 e. The van der Waals surface area contributed by atoms with Gasteiger partial charge in [-0.2, -0.15) is 0 Å². The third-order valence-corrected chi connectivity index (χ3v) is 6.82. The first kappa shape index (κ1) is 23.3. The van der Waals surface area contributed by atoms with Gasteiger partial charge in [0.25, 0.3) is 0 Å². The Morgan fingerprint density at radius 2 is 1.48 bits per heavy atom. The molecule has 6 heteroatoms. The number of hydrogen-bond donors (Lipinski definition) is 1. The van der Waals surface area contributed by atoms with E-state index >= 15 is 0 Å². The SMILES string of the molecule is Cc1ccccc1CC(=O)N1CCN(CC(=O)Nc2ccc(N3CCCCCC3)cc2)CC1. The van der Waals surface area contributed by atoms with Crippen LogP contribution in [0.1, 0.15) is 36.8 Å². The number of rotatable bonds is 6. The van der Waals surface area contributed by atoms with Crippen molar-refractivity contribution in [1.82, 2.24) is 9.80 Å². The third kappa shape index (κ3) is 6.57. The first-order valence-corrected chi connectivity index (χ1v) is 12.3. The highest BCUT2D eigenvalue weighted by Gasteiger charge is 2.23. The van der Waals surface area contributed by atoms with Gasteiger partial charge in [-0.05, 0) is 55.2 Å². The Labute approximate surface area is 197 Å². The highest BCUT2D eigenvalue weighted by atomic mass is 16.2. The number of anilines is 2. The normalized spacial score (nSPS) is 17.5. The van der Waals surface area contributed by atoms with Gasteiger partial charge in [-0.25, -0.2) is 0 Å². The number of hydrogen-bond acceptors (Lipinski definition) is 4. The lowest BCUT2D eigenvalue weighted by molar-refractivity contribution is -0.132. The van der Waals surface area contributed by atoms with E-state index in [-0.39, 0.29) is 11.8 Å². The number of benzene rings is 2. The summed E-state index contributed by atoms with van der Waals surface area (Å²) in [6.07, 6.45) is 5.59. The average molecular weight is 449 g/mol. The molecule has 0 radical (unpaired) electrons. The summed E-state index contributed by atoms with van der Waals surface area (Å²) in [6, 6.07) is 16.3. The quantitative estimate of drug-likeness (QED) is 0.732. The lowest BCUT2D eigenvalue weighted by Crippen LogP contribution is -2.50. The van der Waals surface area contributed by atoms with Crippen molar-refractivity contribution in [3.63, 3.8) is 0 Å². The van der Waals surface area contributed by atoms with Gasteiger partial charge in [-0.3, -0.25) is 14.5 Å². The Kier molecular flexibility index (Phi) is 8.00. The molecule has 4 rings (SSSR count). The van der Waals surface area contributed by atoms with Gasteiger partial charge in [0.1, 0.15) is 0 Å². The van der Waals surface area contributed by atoms with Crippen LogP contribution in [0.25, 0.3) is 0 Å². The molecule has 0 spiro atoms. The summed E-state index contributed by atoms with van der Waals surface area (Å²) >= 11 is 0. The minimum absolute atomic E-state index is 0.00258. The molecule has 0 aliphatic carbocycles. The zero-order valence-corrected chi connectivity index (χ0v) is 19.8. The van der Waals surface area contributed by atoms with Crippen molar-refractivity contribution in [3.8, 4) is 0 Å². The summed E-state index contributed by atoms with van der Waals surface area (Å²) in [5.41, 5.74) is 4.32. The van der Waals surface area contributed by atoms with E-state index in [4.69, 9.17) is 0 Å². The fraction of sp³-hybridized carbons (Fsp3) is 0.481. The summed E-state index contributed by atoms with van der Waals surface area (Å²) in [4.78, 5) is 31.7. The summed E-state index contributed by atoms with van der Waals surface area (Å²) in [5.74, 6) is 0.162. The minimum Gasteiger partial charge on any atom is -0.372 e. The van der Waals surface area contributed by atoms with Gasteiger partial charge in [0.15, 0.2) is 0 Å². The van der Waals surface area contributed by atoms with Gasteiger partial charge in [0, 0.05) is 50.6 Å². The van der Waals surface area contributed by atoms with Gasteiger partial charge in [-0.1, -0.05) is 37.1 Å². The van der Waals surface area contributed by atoms with Crippen molar-refractivity contribution in [3.05, 3.63) is 59.7 Å². The van der Waals surface area contributed by atoms with E-state index in [1.165, 1.54) is 31.4 Å². The van der Waals surface area contributed by atoms with Crippen molar-refractivity contribution in [2.45, 2.75) is 39.0 Å². The maximum atomic E-state index is 12.7. The Balaban J connectivity index is 1.20. The molecular weight excluding hydrogens is 412 g/mol. The fourth-order valence-electron chi connectivity index (χ4n) is 4.73. The molecule has 6 nitrogen and oxygen atoms in total. The first-order valence-electron chi connectivity index (χ1n) is 12.3. The lowest BCUT2D eigenvalue weighted by Gasteiger charge is -2.34. The van der Waals surface area contributed by atoms with Crippen LogP contribution in [-0.2, 0) is 16.0 Å². The Bertz CT molecular complexity index is 927. The fourth-order valence-corrected chi connectivity index (χ4v) is 4.73. The van der Waals surface area contributed by atoms with Gasteiger partial charge < -0.3 is 15.1 Å². The Hall–Kier alpha value is -2.86. The van der Waals surface area contributed by atoms with Crippen LogP contribution < -0.4 is 10.2 Å². The molecule has 0 atom stereocenters. The van der Waals surface area contributed by atoms with E-state index in [1.54, 1.807) is 0 Å². The number of nitrogens with zero attached hydrogens (tertiary/aromatic N) is 3. The Morgan fingerprint density at radius 3 is 2.15 bits per heavy atom. The zero-order chi connectivity index (χ0) is 23.0. The molecule has 176 valence electrons. The summed E-state index contributed by atoms with van der Waals surface area (Å²) < 4.78 is 0. The zero-order valence-electron chi connectivity index (χ0n) is 19.8. The summed E-state index contributed by atoms with van der Waals surface area (Å²) in [7, 11) is 0. The van der Waals surface area contributed by atoms with Crippen LogP contribution >= 0.6 is 0 Å². The summed E-state index contributed by atoms with van der Waals surface area (Å²) in [6.45, 7) is 7.42. The molecular formula is C27H36N4O2. The van der Waals surface area contributed by atoms with E-state index in [1.807, 2.05) is 48.2 Å². The minimum atomic E-state index is -0.00258. The molecule has 2 saturated heterocycles. The monoisotopic (exact) mass is 448 g/mol. The average Bonchev–Trinajstić information content (AvgIpc) is 3.11. The van der Waals surface area contributed by atoms with Crippen molar-refractivity contribution in [2.75, 3.05) is 56.0 Å². The van der Waals surface area contributed by atoms with Crippen LogP contribution in [0.5, 0.6) is 0 Å². The molecule has 2 aliphatic heterocycles. The second kappa shape index (κ2) is 11.3. The highest BCUT2D eigenvalue weighted by Crippen LogP contribution is 2.21. The van der Waals surface area contributed by atoms with Crippen molar-refractivity contribution >= 4 is 23.2 Å². The van der Waals surface area contributed by atoms with Crippen LogP contribution in [-0.4, -0.2) is 67.4 Å². The molecule has 33 heavy (non-hydrogen) atoms. The number of carbonyl (C=O) groups is 2. The van der Waals surface area contributed by atoms with Gasteiger partial charge in [0.05, 0.1) is 13.0 Å². The predicted molar refractivity (Wildman–Crippen MR) is 134 cm³/mol. The maximum Gasteiger partial charge on any atom is 0.238 e. The van der Waals surface area contributed by atoms with Crippen molar-refractivity contribution in [1.29, 1.82) is 0 Å². The molecule has 2 fully saturated rings. The topological polar surface area (TPSA) is 55.9 Å². The molecule has 2 aromatic carbocycles. The van der Waals surface area contributed by atoms with Crippen molar-refractivity contribution in [2.24, 2.45) is 0 Å². The molecule has 1 N–H and O–H groups in total. The molecule has 0 aromatic heterocycles. The van der Waals surface area contributed by atoms with Crippen LogP contribution in [0, 0.1) is 6.92 Å². The van der Waals surface area contributed by atoms with Gasteiger partial charge >= 0.3 is 0 Å². The van der Waals surface area contributed by atoms with Gasteiger partial charge in [0.2, 0.25) is 11.8 Å². The van der Waals surface area contributed by atoms with Gasteiger partial charge in [-0.15, -0.1) is 0 Å². The second-order valence-corrected chi connectivity index (χ2v) is 9.26. The molecule has 2 aliphatic rings. The number of nitrogens with one attached hydrogen (secondary N) is 1. The van der Waals surface area contributed by atoms with Crippen LogP contribution in [0.4, 0.5) is 11.4 Å². The largest absolute Gasteiger partial charge is 0.372 e. The molecule has 2 heterocycles. The summed E-state index contributed by atoms with van der Waals surface area (Å²) in [5, 5.41) is 3.02. The molecule has 0 saturated carbocycles. The Morgan fingerprint density at radius 1 is 0.818 bits per heavy atom. The van der Waals surface area contributed by atoms with Crippen LogP contribution in [0.2, 0.25) is 0 Å². The first-order chi connectivity index (χ1) is 16.1. The standard InChI is InChI=1S/C27H36N4O2/c1-22-8-4-5-9-23(22)20-27(33)31-18-16-29(17-19-31)21-26(32)28-24-10-12-25(13-11-24)30-14-6-2-3-7-15-30/h4-5,8-13H,2-3,6-7,14-21H2,1H3,(H,28,32). The molecule has 0 bridgehead atoms.